The second-order valence-corrected chi connectivity index (χ2v) is 7.43. The van der Waals surface area contributed by atoms with Crippen LogP contribution in [0.15, 0.2) is 50.4 Å². The number of sulfonamides is 1. The van der Waals surface area contributed by atoms with Crippen LogP contribution in [0, 0.1) is 0 Å². The monoisotopic (exact) mass is 370 g/mol. The number of para-hydroxylation sites is 1. The maximum atomic E-state index is 12.3. The van der Waals surface area contributed by atoms with Crippen LogP contribution in [0.25, 0.3) is 0 Å². The number of nitrogens with one attached hydrogen (secondary N) is 2. The van der Waals surface area contributed by atoms with Crippen molar-refractivity contribution in [3.63, 3.8) is 0 Å². The number of halogens is 1. The molecule has 1 aliphatic carbocycles. The molecule has 0 unspecified atom stereocenters. The van der Waals surface area contributed by atoms with E-state index in [1.165, 1.54) is 18.9 Å². The number of furan rings is 1. The molecule has 0 bridgehead atoms. The van der Waals surface area contributed by atoms with Crippen LogP contribution in [0.3, 0.4) is 0 Å². The number of anilines is 1. The van der Waals surface area contributed by atoms with Crippen LogP contribution >= 0.6 is 15.9 Å². The molecule has 1 aliphatic rings. The Balaban J connectivity index is 1.73. The SMILES string of the molecule is O=S(=O)(Nc1ccccc1Br)c1ccc(CNC2CC2)o1. The first-order chi connectivity index (χ1) is 10.0. The fraction of sp³-hybridized carbons (Fsp3) is 0.286. The molecule has 0 spiro atoms. The molecule has 1 aromatic carbocycles. The van der Waals surface area contributed by atoms with E-state index in [1.54, 1.807) is 24.3 Å². The molecule has 1 aromatic heterocycles. The lowest BCUT2D eigenvalue weighted by molar-refractivity contribution is 0.403. The van der Waals surface area contributed by atoms with E-state index in [9.17, 15) is 8.42 Å². The summed E-state index contributed by atoms with van der Waals surface area (Å²) in [4.78, 5) is 0. The van der Waals surface area contributed by atoms with E-state index in [0.29, 0.717) is 28.5 Å². The lowest BCUT2D eigenvalue weighted by Crippen LogP contribution is -2.15. The molecule has 0 amide bonds. The van der Waals surface area contributed by atoms with E-state index in [0.717, 1.165) is 0 Å². The molecular formula is C14H15BrN2O3S. The van der Waals surface area contributed by atoms with Crippen molar-refractivity contribution in [3.05, 3.63) is 46.6 Å². The van der Waals surface area contributed by atoms with E-state index in [1.807, 2.05) is 6.07 Å². The summed E-state index contributed by atoms with van der Waals surface area (Å²) >= 11 is 3.31. The van der Waals surface area contributed by atoms with E-state index >= 15 is 0 Å². The van der Waals surface area contributed by atoms with Crippen LogP contribution in [0.5, 0.6) is 0 Å². The Labute approximate surface area is 131 Å². The summed E-state index contributed by atoms with van der Waals surface area (Å²) in [6, 6.07) is 10.7. The summed E-state index contributed by atoms with van der Waals surface area (Å²) in [5, 5.41) is 3.20. The van der Waals surface area contributed by atoms with Crippen LogP contribution < -0.4 is 10.0 Å². The van der Waals surface area contributed by atoms with Crippen molar-refractivity contribution >= 4 is 31.6 Å². The van der Waals surface area contributed by atoms with Crippen LogP contribution in [-0.4, -0.2) is 14.5 Å². The van der Waals surface area contributed by atoms with Gasteiger partial charge in [-0.05, 0) is 53.0 Å². The van der Waals surface area contributed by atoms with Crippen molar-refractivity contribution in [2.24, 2.45) is 0 Å². The van der Waals surface area contributed by atoms with E-state index in [4.69, 9.17) is 4.42 Å². The molecule has 2 N–H and O–H groups in total. The zero-order valence-corrected chi connectivity index (χ0v) is 13.6. The Morgan fingerprint density at radius 3 is 2.67 bits per heavy atom. The van der Waals surface area contributed by atoms with Crippen molar-refractivity contribution in [3.8, 4) is 0 Å². The van der Waals surface area contributed by atoms with E-state index in [2.05, 4.69) is 26.0 Å². The molecule has 0 radical (unpaired) electrons. The highest BCUT2D eigenvalue weighted by Crippen LogP contribution is 2.25. The molecule has 1 fully saturated rings. The summed E-state index contributed by atoms with van der Waals surface area (Å²) in [5.74, 6) is 0.620. The summed E-state index contributed by atoms with van der Waals surface area (Å²) < 4.78 is 33.1. The molecule has 21 heavy (non-hydrogen) atoms. The van der Waals surface area contributed by atoms with Crippen LogP contribution in [0.4, 0.5) is 5.69 Å². The zero-order valence-electron chi connectivity index (χ0n) is 11.2. The van der Waals surface area contributed by atoms with Crippen molar-refractivity contribution < 1.29 is 12.8 Å². The normalized spacial score (nSPS) is 15.1. The predicted octanol–water partition coefficient (Wildman–Crippen LogP) is 3.09. The maximum Gasteiger partial charge on any atom is 0.295 e. The number of benzene rings is 1. The minimum Gasteiger partial charge on any atom is -0.446 e. The van der Waals surface area contributed by atoms with Gasteiger partial charge in [-0.3, -0.25) is 4.72 Å². The van der Waals surface area contributed by atoms with Gasteiger partial charge in [0.1, 0.15) is 5.76 Å². The molecule has 2 aromatic rings. The Morgan fingerprint density at radius 1 is 1.19 bits per heavy atom. The predicted molar refractivity (Wildman–Crippen MR) is 83.5 cm³/mol. The molecule has 3 rings (SSSR count). The fourth-order valence-corrected chi connectivity index (χ4v) is 3.42. The summed E-state index contributed by atoms with van der Waals surface area (Å²) in [5.41, 5.74) is 0.478. The van der Waals surface area contributed by atoms with Gasteiger partial charge in [0, 0.05) is 10.5 Å². The fourth-order valence-electron chi connectivity index (χ4n) is 1.87. The molecular weight excluding hydrogens is 356 g/mol. The standard InChI is InChI=1S/C14H15BrN2O3S/c15-12-3-1-2-4-13(12)17-21(18,19)14-8-7-11(20-14)9-16-10-5-6-10/h1-4,7-8,10,16-17H,5-6,9H2. The summed E-state index contributed by atoms with van der Waals surface area (Å²) in [7, 11) is -3.71. The minimum absolute atomic E-state index is 0.0779. The molecule has 112 valence electrons. The molecule has 0 saturated heterocycles. The molecule has 7 heteroatoms. The van der Waals surface area contributed by atoms with Crippen molar-refractivity contribution in [1.29, 1.82) is 0 Å². The average molecular weight is 371 g/mol. The van der Waals surface area contributed by atoms with Crippen LogP contribution in [0.1, 0.15) is 18.6 Å². The van der Waals surface area contributed by atoms with Crippen LogP contribution in [0.2, 0.25) is 0 Å². The topological polar surface area (TPSA) is 71.3 Å². The Bertz CT molecular complexity index is 738. The third kappa shape index (κ3) is 3.66. The highest BCUT2D eigenvalue weighted by Gasteiger charge is 2.22. The van der Waals surface area contributed by atoms with Gasteiger partial charge in [0.2, 0.25) is 5.09 Å². The lowest BCUT2D eigenvalue weighted by Gasteiger charge is -2.07. The minimum atomic E-state index is -3.71. The van der Waals surface area contributed by atoms with Gasteiger partial charge in [-0.25, -0.2) is 0 Å². The lowest BCUT2D eigenvalue weighted by atomic mass is 10.3. The van der Waals surface area contributed by atoms with E-state index < -0.39 is 10.0 Å². The second kappa shape index (κ2) is 5.82. The highest BCUT2D eigenvalue weighted by atomic mass is 79.9. The quantitative estimate of drug-likeness (QED) is 0.819. The van der Waals surface area contributed by atoms with Crippen molar-refractivity contribution in [1.82, 2.24) is 5.32 Å². The van der Waals surface area contributed by atoms with Gasteiger partial charge >= 0.3 is 0 Å². The first-order valence-electron chi connectivity index (χ1n) is 6.64. The van der Waals surface area contributed by atoms with Gasteiger partial charge in [-0.2, -0.15) is 8.42 Å². The number of hydrogen-bond acceptors (Lipinski definition) is 4. The summed E-state index contributed by atoms with van der Waals surface area (Å²) in [6.07, 6.45) is 2.35. The van der Waals surface area contributed by atoms with Gasteiger partial charge in [-0.15, -0.1) is 0 Å². The van der Waals surface area contributed by atoms with Gasteiger partial charge in [0.05, 0.1) is 12.2 Å². The molecule has 1 heterocycles. The Kier molecular flexibility index (Phi) is 4.05. The van der Waals surface area contributed by atoms with Gasteiger partial charge in [0.25, 0.3) is 10.0 Å². The summed E-state index contributed by atoms with van der Waals surface area (Å²) in [6.45, 7) is 0.551. The third-order valence-electron chi connectivity index (χ3n) is 3.16. The first kappa shape index (κ1) is 14.6. The molecule has 0 atom stereocenters. The molecule has 0 aliphatic heterocycles. The smallest absolute Gasteiger partial charge is 0.295 e. The Morgan fingerprint density at radius 2 is 1.95 bits per heavy atom. The highest BCUT2D eigenvalue weighted by molar-refractivity contribution is 9.10. The van der Waals surface area contributed by atoms with E-state index in [-0.39, 0.29) is 5.09 Å². The van der Waals surface area contributed by atoms with Gasteiger partial charge < -0.3 is 9.73 Å². The number of hydrogen-bond donors (Lipinski definition) is 2. The average Bonchev–Trinajstić information content (AvgIpc) is 3.15. The van der Waals surface area contributed by atoms with Gasteiger partial charge in [0.15, 0.2) is 0 Å². The zero-order chi connectivity index (χ0) is 14.9. The van der Waals surface area contributed by atoms with Crippen LogP contribution in [-0.2, 0) is 16.6 Å². The largest absolute Gasteiger partial charge is 0.446 e. The van der Waals surface area contributed by atoms with Gasteiger partial charge in [-0.1, -0.05) is 12.1 Å². The molecule has 5 nitrogen and oxygen atoms in total. The second-order valence-electron chi connectivity index (χ2n) is 4.96. The van der Waals surface area contributed by atoms with Crippen molar-refractivity contribution in [2.45, 2.75) is 30.5 Å². The number of rotatable bonds is 6. The first-order valence-corrected chi connectivity index (χ1v) is 8.92. The Hall–Kier alpha value is -1.31. The molecule has 1 saturated carbocycles. The maximum absolute atomic E-state index is 12.3. The van der Waals surface area contributed by atoms with Crippen molar-refractivity contribution in [2.75, 3.05) is 4.72 Å². The third-order valence-corrected chi connectivity index (χ3v) is 5.09.